The Kier molecular flexibility index (Phi) is 8.02. The van der Waals surface area contributed by atoms with Gasteiger partial charge in [-0.25, -0.2) is 9.78 Å². The Morgan fingerprint density at radius 3 is 2.67 bits per heavy atom. The van der Waals surface area contributed by atoms with Gasteiger partial charge in [-0.05, 0) is 29.3 Å². The highest BCUT2D eigenvalue weighted by atomic mass is 35.5. The molecule has 0 radical (unpaired) electrons. The van der Waals surface area contributed by atoms with Crippen LogP contribution in [0.1, 0.15) is 21.8 Å². The number of thiazole rings is 1. The van der Waals surface area contributed by atoms with Gasteiger partial charge in [-0.1, -0.05) is 59.6 Å². The summed E-state index contributed by atoms with van der Waals surface area (Å²) in [7, 11) is 0. The molecule has 0 bridgehead atoms. The third kappa shape index (κ3) is 6.99. The highest BCUT2D eigenvalue weighted by Gasteiger charge is 2.09. The van der Waals surface area contributed by atoms with Crippen LogP contribution in [0.5, 0.6) is 0 Å². The van der Waals surface area contributed by atoms with Crippen molar-refractivity contribution in [1.82, 2.24) is 10.3 Å². The fourth-order valence-electron chi connectivity index (χ4n) is 2.47. The Bertz CT molecular complexity index is 1050. The van der Waals surface area contributed by atoms with Crippen LogP contribution in [0, 0.1) is 0 Å². The molecule has 8 heteroatoms. The zero-order valence-corrected chi connectivity index (χ0v) is 18.1. The van der Waals surface area contributed by atoms with E-state index >= 15 is 0 Å². The second-order valence-corrected chi connectivity index (χ2v) is 8.04. The predicted octanol–water partition coefficient (Wildman–Crippen LogP) is 5.07. The third-order valence-electron chi connectivity index (χ3n) is 3.96. The van der Waals surface area contributed by atoms with Crippen molar-refractivity contribution in [3.63, 3.8) is 0 Å². The van der Waals surface area contributed by atoms with Crippen LogP contribution in [0.3, 0.4) is 0 Å². The smallest absolute Gasteiger partial charge is 0.331 e. The number of nitrogens with one attached hydrogen (secondary N) is 1. The lowest BCUT2D eigenvalue weighted by Gasteiger charge is -2.03. The number of ether oxygens (including phenoxy) is 1. The van der Waals surface area contributed by atoms with Gasteiger partial charge in [-0.15, -0.1) is 11.3 Å². The van der Waals surface area contributed by atoms with Crippen LogP contribution < -0.4 is 5.32 Å². The number of amides is 1. The number of benzene rings is 2. The summed E-state index contributed by atoms with van der Waals surface area (Å²) in [6.45, 7) is 0.507. The van der Waals surface area contributed by atoms with Gasteiger partial charge in [0.25, 0.3) is 0 Å². The Morgan fingerprint density at radius 1 is 1.10 bits per heavy atom. The average Bonchev–Trinajstić information content (AvgIpc) is 3.19. The van der Waals surface area contributed by atoms with E-state index < -0.39 is 5.97 Å². The van der Waals surface area contributed by atoms with E-state index in [1.54, 1.807) is 29.7 Å². The normalized spacial score (nSPS) is 10.9. The molecule has 0 saturated carbocycles. The maximum absolute atomic E-state index is 12.1. The second-order valence-electron chi connectivity index (χ2n) is 6.29. The van der Waals surface area contributed by atoms with Crippen LogP contribution in [0.2, 0.25) is 10.0 Å². The van der Waals surface area contributed by atoms with Crippen LogP contribution >= 0.6 is 34.5 Å². The molecular weight excluding hydrogens is 443 g/mol. The number of carbonyl (C=O) groups is 2. The van der Waals surface area contributed by atoms with Gasteiger partial charge in [0.15, 0.2) is 0 Å². The minimum Gasteiger partial charge on any atom is -0.456 e. The summed E-state index contributed by atoms with van der Waals surface area (Å²) in [4.78, 5) is 28.3. The number of hydrogen-bond donors (Lipinski definition) is 1. The minimum atomic E-state index is -0.503. The summed E-state index contributed by atoms with van der Waals surface area (Å²) < 4.78 is 5.19. The fraction of sp³-hybridized carbons (Fsp3) is 0.136. The average molecular weight is 461 g/mol. The first-order valence-electron chi connectivity index (χ1n) is 9.03. The van der Waals surface area contributed by atoms with Gasteiger partial charge in [-0.3, -0.25) is 4.79 Å². The highest BCUT2D eigenvalue weighted by molar-refractivity contribution is 7.09. The summed E-state index contributed by atoms with van der Waals surface area (Å²) in [6.07, 6.45) is 3.08. The van der Waals surface area contributed by atoms with E-state index in [9.17, 15) is 9.59 Å². The molecule has 0 aliphatic heterocycles. The van der Waals surface area contributed by atoms with Crippen LogP contribution in [-0.2, 0) is 33.9 Å². The first-order chi connectivity index (χ1) is 14.5. The van der Waals surface area contributed by atoms with E-state index in [1.807, 2.05) is 30.3 Å². The standard InChI is InChI=1S/C22H18Cl2N2O3S/c23-18-8-6-15(10-19(18)24)7-9-22(28)29-13-17-14-30-21(26-17)11-20(27)25-12-16-4-2-1-3-5-16/h1-10,14H,11-13H2,(H,25,27)/b9-7+. The molecule has 2 aromatic carbocycles. The van der Waals surface area contributed by atoms with Crippen molar-refractivity contribution in [2.45, 2.75) is 19.6 Å². The molecule has 1 aromatic heterocycles. The van der Waals surface area contributed by atoms with E-state index in [1.165, 1.54) is 17.4 Å². The first kappa shape index (κ1) is 22.0. The maximum Gasteiger partial charge on any atom is 0.331 e. The molecule has 1 amide bonds. The van der Waals surface area contributed by atoms with Gasteiger partial charge in [0.1, 0.15) is 11.6 Å². The molecule has 154 valence electrons. The molecule has 30 heavy (non-hydrogen) atoms. The van der Waals surface area contributed by atoms with Gasteiger partial charge >= 0.3 is 5.97 Å². The Balaban J connectivity index is 1.43. The SMILES string of the molecule is O=C(Cc1nc(COC(=O)/C=C/c2ccc(Cl)c(Cl)c2)cs1)NCc1ccccc1. The molecule has 5 nitrogen and oxygen atoms in total. The van der Waals surface area contributed by atoms with Gasteiger partial charge < -0.3 is 10.1 Å². The van der Waals surface area contributed by atoms with E-state index in [2.05, 4.69) is 10.3 Å². The number of aromatic nitrogens is 1. The molecular formula is C22H18Cl2N2O3S. The molecule has 0 spiro atoms. The van der Waals surface area contributed by atoms with Crippen molar-refractivity contribution in [3.05, 3.63) is 91.9 Å². The summed E-state index contributed by atoms with van der Waals surface area (Å²) in [5, 5.41) is 6.16. The molecule has 1 N–H and O–H groups in total. The number of rotatable bonds is 8. The lowest BCUT2D eigenvalue weighted by molar-refractivity contribution is -0.139. The van der Waals surface area contributed by atoms with Crippen molar-refractivity contribution in [2.75, 3.05) is 0 Å². The number of esters is 1. The summed E-state index contributed by atoms with van der Waals surface area (Å²) in [5.74, 6) is -0.613. The Morgan fingerprint density at radius 2 is 1.90 bits per heavy atom. The van der Waals surface area contributed by atoms with Crippen LogP contribution in [-0.4, -0.2) is 16.9 Å². The Labute approximate surface area is 188 Å². The zero-order valence-electron chi connectivity index (χ0n) is 15.8. The van der Waals surface area contributed by atoms with Crippen molar-refractivity contribution in [3.8, 4) is 0 Å². The topological polar surface area (TPSA) is 68.3 Å². The van der Waals surface area contributed by atoms with Crippen molar-refractivity contribution in [1.29, 1.82) is 0 Å². The van der Waals surface area contributed by atoms with Gasteiger partial charge in [0.2, 0.25) is 5.91 Å². The number of carbonyl (C=O) groups excluding carboxylic acids is 2. The molecule has 3 rings (SSSR count). The maximum atomic E-state index is 12.1. The van der Waals surface area contributed by atoms with E-state index in [0.717, 1.165) is 11.1 Å². The molecule has 0 saturated heterocycles. The minimum absolute atomic E-state index is 0.0344. The van der Waals surface area contributed by atoms with Crippen molar-refractivity contribution >= 4 is 52.5 Å². The lowest BCUT2D eigenvalue weighted by Crippen LogP contribution is -2.24. The molecule has 1 heterocycles. The largest absolute Gasteiger partial charge is 0.456 e. The molecule has 0 atom stereocenters. The van der Waals surface area contributed by atoms with Crippen molar-refractivity contribution in [2.24, 2.45) is 0 Å². The highest BCUT2D eigenvalue weighted by Crippen LogP contribution is 2.23. The number of nitrogens with zero attached hydrogens (tertiary/aromatic N) is 1. The monoisotopic (exact) mass is 460 g/mol. The number of halogens is 2. The van der Waals surface area contributed by atoms with Crippen LogP contribution in [0.25, 0.3) is 6.08 Å². The van der Waals surface area contributed by atoms with Gasteiger partial charge in [0, 0.05) is 18.0 Å². The van der Waals surface area contributed by atoms with Gasteiger partial charge in [-0.2, -0.15) is 0 Å². The second kappa shape index (κ2) is 10.9. The van der Waals surface area contributed by atoms with E-state index in [4.69, 9.17) is 27.9 Å². The van der Waals surface area contributed by atoms with E-state index in [0.29, 0.717) is 27.3 Å². The first-order valence-corrected chi connectivity index (χ1v) is 10.7. The fourth-order valence-corrected chi connectivity index (χ4v) is 3.55. The number of hydrogen-bond acceptors (Lipinski definition) is 5. The summed E-state index contributed by atoms with van der Waals surface area (Å²) >= 11 is 13.2. The molecule has 0 aliphatic carbocycles. The summed E-state index contributed by atoms with van der Waals surface area (Å²) in [6, 6.07) is 14.7. The quantitative estimate of drug-likeness (QED) is 0.376. The zero-order chi connectivity index (χ0) is 21.3. The van der Waals surface area contributed by atoms with Crippen LogP contribution in [0.15, 0.2) is 60.0 Å². The predicted molar refractivity (Wildman–Crippen MR) is 119 cm³/mol. The molecule has 0 fully saturated rings. The summed E-state index contributed by atoms with van der Waals surface area (Å²) in [5.41, 5.74) is 2.37. The molecule has 0 aliphatic rings. The lowest BCUT2D eigenvalue weighted by atomic mass is 10.2. The van der Waals surface area contributed by atoms with Crippen LogP contribution in [0.4, 0.5) is 0 Å². The van der Waals surface area contributed by atoms with Crippen molar-refractivity contribution < 1.29 is 14.3 Å². The molecule has 0 unspecified atom stereocenters. The Hall–Kier alpha value is -2.67. The molecule has 3 aromatic rings. The van der Waals surface area contributed by atoms with Gasteiger partial charge in [0.05, 0.1) is 22.2 Å². The van der Waals surface area contributed by atoms with E-state index in [-0.39, 0.29) is 18.9 Å². The third-order valence-corrected chi connectivity index (χ3v) is 5.60.